The van der Waals surface area contributed by atoms with Crippen LogP contribution in [-0.2, 0) is 16.6 Å². The van der Waals surface area contributed by atoms with Gasteiger partial charge in [-0.1, -0.05) is 38.5 Å². The second kappa shape index (κ2) is 5.38. The topological polar surface area (TPSA) is 45.8 Å². The van der Waals surface area contributed by atoms with Crippen LogP contribution in [0.2, 0.25) is 0 Å². The van der Waals surface area contributed by atoms with Gasteiger partial charge in [0.15, 0.2) is 5.78 Å². The van der Waals surface area contributed by atoms with E-state index < -0.39 is 5.41 Å². The largest absolute Gasteiger partial charge is 0.294 e. The van der Waals surface area contributed by atoms with Gasteiger partial charge in [-0.2, -0.15) is 5.10 Å². The summed E-state index contributed by atoms with van der Waals surface area (Å²) in [4.78, 5) is 13.2. The molecule has 0 saturated carbocycles. The zero-order valence-electron chi connectivity index (χ0n) is 14.9. The monoisotopic (exact) mass is 338 g/mol. The molecule has 4 rings (SSSR count). The van der Waals surface area contributed by atoms with Crippen molar-refractivity contribution >= 4 is 5.78 Å². The number of aromatic amines is 1. The lowest BCUT2D eigenvalue weighted by Gasteiger charge is -2.45. The van der Waals surface area contributed by atoms with Crippen LogP contribution < -0.4 is 0 Å². The van der Waals surface area contributed by atoms with Gasteiger partial charge in [-0.25, -0.2) is 4.39 Å². The van der Waals surface area contributed by atoms with Crippen LogP contribution >= 0.6 is 0 Å². The number of carbonyl (C=O) groups is 1. The van der Waals surface area contributed by atoms with E-state index in [1.54, 1.807) is 12.1 Å². The predicted octanol–water partition coefficient (Wildman–Crippen LogP) is 4.49. The smallest absolute Gasteiger partial charge is 0.160 e. The molecular formula is C21H23FN2O. The Hall–Kier alpha value is -2.23. The highest BCUT2D eigenvalue weighted by Crippen LogP contribution is 2.53. The third-order valence-electron chi connectivity index (χ3n) is 5.81. The number of ketones is 1. The van der Waals surface area contributed by atoms with E-state index in [2.05, 4.69) is 31.0 Å². The fourth-order valence-corrected chi connectivity index (χ4v) is 4.93. The molecule has 0 amide bonds. The van der Waals surface area contributed by atoms with Gasteiger partial charge in [0.25, 0.3) is 0 Å². The van der Waals surface area contributed by atoms with Gasteiger partial charge in [-0.3, -0.25) is 9.89 Å². The zero-order valence-corrected chi connectivity index (χ0v) is 14.9. The van der Waals surface area contributed by atoms with Crippen molar-refractivity contribution in [2.24, 2.45) is 5.41 Å². The summed E-state index contributed by atoms with van der Waals surface area (Å²) < 4.78 is 14.1. The number of Topliss-reactive ketones (excluding diaryl/α,β-unsaturated/α-hetero) is 1. The van der Waals surface area contributed by atoms with Gasteiger partial charge in [0.1, 0.15) is 5.82 Å². The number of carbonyl (C=O) groups excluding carboxylic acids is 1. The minimum absolute atomic E-state index is 0.0329. The number of rotatable bonds is 2. The highest BCUT2D eigenvalue weighted by Gasteiger charge is 2.49. The van der Waals surface area contributed by atoms with Gasteiger partial charge in [0.05, 0.1) is 11.6 Å². The number of hydrogen-bond acceptors (Lipinski definition) is 2. The second-order valence-electron chi connectivity index (χ2n) is 8.13. The van der Waals surface area contributed by atoms with E-state index in [4.69, 9.17) is 0 Å². The van der Waals surface area contributed by atoms with Crippen molar-refractivity contribution in [3.8, 4) is 0 Å². The number of hydrogen-bond donors (Lipinski definition) is 1. The molecule has 2 aliphatic carbocycles. The summed E-state index contributed by atoms with van der Waals surface area (Å²) in [5, 5.41) is 7.37. The fourth-order valence-electron chi connectivity index (χ4n) is 4.93. The molecule has 1 aromatic carbocycles. The van der Waals surface area contributed by atoms with Crippen molar-refractivity contribution in [1.29, 1.82) is 0 Å². The van der Waals surface area contributed by atoms with E-state index in [-0.39, 0.29) is 17.0 Å². The summed E-state index contributed by atoms with van der Waals surface area (Å²) in [6.07, 6.45) is 4.69. The molecule has 0 aliphatic heterocycles. The maximum Gasteiger partial charge on any atom is 0.160 e. The lowest BCUT2D eigenvalue weighted by Crippen LogP contribution is -2.42. The second-order valence-corrected chi connectivity index (χ2v) is 8.13. The van der Waals surface area contributed by atoms with Crippen molar-refractivity contribution < 1.29 is 9.18 Å². The molecule has 4 heteroatoms. The molecule has 0 unspecified atom stereocenters. The molecular weight excluding hydrogens is 315 g/mol. The van der Waals surface area contributed by atoms with Crippen molar-refractivity contribution in [2.75, 3.05) is 0 Å². The van der Waals surface area contributed by atoms with E-state index >= 15 is 0 Å². The van der Waals surface area contributed by atoms with E-state index in [1.807, 2.05) is 12.3 Å². The summed E-state index contributed by atoms with van der Waals surface area (Å²) in [5.41, 5.74) is 4.35. The number of allylic oxidation sites excluding steroid dienone is 2. The van der Waals surface area contributed by atoms with Gasteiger partial charge >= 0.3 is 0 Å². The van der Waals surface area contributed by atoms with Gasteiger partial charge in [0, 0.05) is 29.7 Å². The number of nitrogens with one attached hydrogen (secondary N) is 1. The number of halogens is 1. The molecule has 1 aromatic heterocycles. The Balaban J connectivity index is 2.04. The highest BCUT2D eigenvalue weighted by atomic mass is 19.1. The van der Waals surface area contributed by atoms with Gasteiger partial charge in [-0.05, 0) is 36.0 Å². The third-order valence-corrected chi connectivity index (χ3v) is 5.81. The van der Waals surface area contributed by atoms with Crippen molar-refractivity contribution in [3.05, 3.63) is 64.2 Å². The molecule has 0 radical (unpaired) electrons. The average molecular weight is 338 g/mol. The number of H-pyrrole nitrogens is 1. The van der Waals surface area contributed by atoms with Crippen molar-refractivity contribution in [2.45, 2.75) is 51.9 Å². The van der Waals surface area contributed by atoms with Crippen LogP contribution in [0.5, 0.6) is 0 Å². The first kappa shape index (κ1) is 16.2. The van der Waals surface area contributed by atoms with Crippen LogP contribution in [0, 0.1) is 11.2 Å². The quantitative estimate of drug-likeness (QED) is 0.877. The normalized spacial score (nSPS) is 24.9. The molecule has 2 aliphatic rings. The number of aromatic nitrogens is 2. The minimum atomic E-state index is -0.606. The van der Waals surface area contributed by atoms with Gasteiger partial charge in [-0.15, -0.1) is 0 Å². The van der Waals surface area contributed by atoms with Crippen LogP contribution in [0.3, 0.4) is 0 Å². The predicted molar refractivity (Wildman–Crippen MR) is 94.8 cm³/mol. The van der Waals surface area contributed by atoms with E-state index in [9.17, 15) is 9.18 Å². The molecule has 130 valence electrons. The SMILES string of the molecule is CC[C@@]1(c2cccc(F)c2)C2=C(Cc3[nH]ncc31)CC(C)(C)CC2=O. The molecule has 2 aromatic rings. The molecule has 0 fully saturated rings. The Labute approximate surface area is 147 Å². The third kappa shape index (κ3) is 2.30. The van der Waals surface area contributed by atoms with Crippen LogP contribution in [0.4, 0.5) is 4.39 Å². The molecule has 0 spiro atoms. The first-order valence-electron chi connectivity index (χ1n) is 8.92. The zero-order chi connectivity index (χ0) is 17.8. The first-order valence-corrected chi connectivity index (χ1v) is 8.92. The van der Waals surface area contributed by atoms with Crippen LogP contribution in [-0.4, -0.2) is 16.0 Å². The summed E-state index contributed by atoms with van der Waals surface area (Å²) in [6.45, 7) is 6.37. The molecule has 0 saturated heterocycles. The maximum absolute atomic E-state index is 14.1. The summed E-state index contributed by atoms with van der Waals surface area (Å²) in [7, 11) is 0. The fraction of sp³-hybridized carbons (Fsp3) is 0.429. The first-order chi connectivity index (χ1) is 11.9. The van der Waals surface area contributed by atoms with Crippen molar-refractivity contribution in [3.63, 3.8) is 0 Å². The van der Waals surface area contributed by atoms with Crippen molar-refractivity contribution in [1.82, 2.24) is 10.2 Å². The lowest BCUT2D eigenvalue weighted by molar-refractivity contribution is -0.118. The average Bonchev–Trinajstić information content (AvgIpc) is 3.00. The summed E-state index contributed by atoms with van der Waals surface area (Å²) in [6, 6.07) is 6.69. The van der Waals surface area contributed by atoms with Crippen LogP contribution in [0.1, 0.15) is 56.9 Å². The summed E-state index contributed by atoms with van der Waals surface area (Å²) >= 11 is 0. The van der Waals surface area contributed by atoms with Gasteiger partial charge < -0.3 is 0 Å². The van der Waals surface area contributed by atoms with E-state index in [1.165, 1.54) is 11.6 Å². The standard InChI is InChI=1S/C21H23FN2O/c1-4-21(14-6-5-7-15(22)9-14)16-12-23-24-17(16)8-13-10-20(2,3)11-18(25)19(13)21/h5-7,9,12H,4,8,10-11H2,1-3H3,(H,23,24)/t21-/m0/s1. The highest BCUT2D eigenvalue weighted by molar-refractivity contribution is 6.01. The van der Waals surface area contributed by atoms with Crippen LogP contribution in [0.25, 0.3) is 0 Å². The van der Waals surface area contributed by atoms with Gasteiger partial charge in [0.2, 0.25) is 0 Å². The molecule has 3 nitrogen and oxygen atoms in total. The Kier molecular flexibility index (Phi) is 3.50. The summed E-state index contributed by atoms with van der Waals surface area (Å²) in [5.74, 6) is -0.0732. The minimum Gasteiger partial charge on any atom is -0.294 e. The molecule has 1 heterocycles. The molecule has 0 bridgehead atoms. The molecule has 25 heavy (non-hydrogen) atoms. The maximum atomic E-state index is 14.1. The van der Waals surface area contributed by atoms with Crippen LogP contribution in [0.15, 0.2) is 41.6 Å². The Morgan fingerprint density at radius 1 is 1.28 bits per heavy atom. The Bertz CT molecular complexity index is 893. The number of fused-ring (bicyclic) bond motifs is 1. The lowest BCUT2D eigenvalue weighted by atomic mass is 9.57. The number of benzene rings is 1. The Morgan fingerprint density at radius 3 is 2.80 bits per heavy atom. The van der Waals surface area contributed by atoms with E-state index in [0.29, 0.717) is 12.8 Å². The molecule has 1 atom stereocenters. The Morgan fingerprint density at radius 2 is 2.08 bits per heavy atom. The van der Waals surface area contributed by atoms with E-state index in [0.717, 1.165) is 35.2 Å². The molecule has 1 N–H and O–H groups in total. The number of nitrogens with zero attached hydrogens (tertiary/aromatic N) is 1.